The van der Waals surface area contributed by atoms with E-state index in [0.717, 1.165) is 38.5 Å². The lowest BCUT2D eigenvalue weighted by atomic mass is 10.2. The van der Waals surface area contributed by atoms with E-state index in [-0.39, 0.29) is 0 Å². The van der Waals surface area contributed by atoms with E-state index in [9.17, 15) is 0 Å². The van der Waals surface area contributed by atoms with Gasteiger partial charge in [0, 0.05) is 46.2 Å². The number of aryl methyl sites for hydroxylation is 1. The van der Waals surface area contributed by atoms with Gasteiger partial charge in [-0.15, -0.1) is 0 Å². The summed E-state index contributed by atoms with van der Waals surface area (Å²) in [5.74, 6) is 0.877. The van der Waals surface area contributed by atoms with Crippen LogP contribution >= 0.6 is 0 Å². The van der Waals surface area contributed by atoms with Gasteiger partial charge in [0.1, 0.15) is 0 Å². The molecule has 6 heteroatoms. The summed E-state index contributed by atoms with van der Waals surface area (Å²) in [7, 11) is 5.89. The Kier molecular flexibility index (Phi) is 6.74. The fourth-order valence-corrected chi connectivity index (χ4v) is 2.59. The summed E-state index contributed by atoms with van der Waals surface area (Å²) < 4.78 is 13.3. The van der Waals surface area contributed by atoms with Crippen molar-refractivity contribution >= 4 is 5.96 Å². The van der Waals surface area contributed by atoms with Crippen molar-refractivity contribution in [2.24, 2.45) is 12.0 Å². The lowest BCUT2D eigenvalue weighted by Gasteiger charge is -2.22. The standard InChI is InChI=1S/C16H28N4O2/c1-17-16(20(3)12-14-6-4-9-19(14)2)18-8-11-21-13-15-7-5-10-22-15/h4,6,9,15H,5,7-8,10-13H2,1-3H3,(H,17,18). The first-order chi connectivity index (χ1) is 10.7. The van der Waals surface area contributed by atoms with E-state index in [2.05, 4.69) is 45.2 Å². The third-order valence-electron chi connectivity index (χ3n) is 3.88. The van der Waals surface area contributed by atoms with E-state index in [4.69, 9.17) is 9.47 Å². The predicted molar refractivity (Wildman–Crippen MR) is 88.0 cm³/mol. The molecule has 6 nitrogen and oxygen atoms in total. The van der Waals surface area contributed by atoms with Crippen LogP contribution in [0.1, 0.15) is 18.5 Å². The summed E-state index contributed by atoms with van der Waals surface area (Å²) in [5, 5.41) is 3.33. The quantitative estimate of drug-likeness (QED) is 0.468. The number of hydrogen-bond donors (Lipinski definition) is 1. The zero-order valence-corrected chi connectivity index (χ0v) is 13.9. The van der Waals surface area contributed by atoms with Crippen molar-refractivity contribution in [3.05, 3.63) is 24.0 Å². The van der Waals surface area contributed by atoms with E-state index < -0.39 is 0 Å². The molecule has 1 saturated heterocycles. The van der Waals surface area contributed by atoms with Gasteiger partial charge in [0.2, 0.25) is 0 Å². The molecule has 1 fully saturated rings. The molecule has 1 aliphatic rings. The highest BCUT2D eigenvalue weighted by molar-refractivity contribution is 5.79. The maximum absolute atomic E-state index is 5.65. The fourth-order valence-electron chi connectivity index (χ4n) is 2.59. The number of nitrogens with zero attached hydrogens (tertiary/aromatic N) is 3. The molecule has 1 aromatic heterocycles. The maximum Gasteiger partial charge on any atom is 0.193 e. The molecule has 1 aromatic rings. The van der Waals surface area contributed by atoms with Gasteiger partial charge in [-0.1, -0.05) is 0 Å². The highest BCUT2D eigenvalue weighted by atomic mass is 16.5. The van der Waals surface area contributed by atoms with Crippen molar-refractivity contribution in [2.45, 2.75) is 25.5 Å². The molecule has 2 heterocycles. The minimum atomic E-state index is 0.291. The number of nitrogens with one attached hydrogen (secondary N) is 1. The van der Waals surface area contributed by atoms with Gasteiger partial charge in [0.25, 0.3) is 0 Å². The monoisotopic (exact) mass is 308 g/mol. The van der Waals surface area contributed by atoms with Crippen LogP contribution in [0.5, 0.6) is 0 Å². The van der Waals surface area contributed by atoms with Gasteiger partial charge in [-0.3, -0.25) is 4.99 Å². The number of hydrogen-bond acceptors (Lipinski definition) is 3. The van der Waals surface area contributed by atoms with Crippen LogP contribution in [-0.4, -0.2) is 62.0 Å². The van der Waals surface area contributed by atoms with Crippen LogP contribution in [0.25, 0.3) is 0 Å². The molecule has 0 radical (unpaired) electrons. The predicted octanol–water partition coefficient (Wildman–Crippen LogP) is 1.23. The van der Waals surface area contributed by atoms with Gasteiger partial charge >= 0.3 is 0 Å². The molecular weight excluding hydrogens is 280 g/mol. The Morgan fingerprint density at radius 2 is 2.45 bits per heavy atom. The van der Waals surface area contributed by atoms with Crippen LogP contribution in [-0.2, 0) is 23.1 Å². The molecule has 1 atom stereocenters. The Morgan fingerprint density at radius 3 is 3.09 bits per heavy atom. The van der Waals surface area contributed by atoms with Crippen molar-refractivity contribution in [3.63, 3.8) is 0 Å². The topological polar surface area (TPSA) is 51.0 Å². The molecule has 0 amide bonds. The number of ether oxygens (including phenoxy) is 2. The Labute approximate surface area is 133 Å². The Bertz CT molecular complexity index is 466. The SMILES string of the molecule is CN=C(NCCOCC1CCCO1)N(C)Cc1cccn1C. The normalized spacial score (nSPS) is 18.7. The first-order valence-corrected chi connectivity index (χ1v) is 7.92. The number of aliphatic imine (C=N–C) groups is 1. The minimum Gasteiger partial charge on any atom is -0.377 e. The van der Waals surface area contributed by atoms with Crippen LogP contribution in [0.15, 0.2) is 23.3 Å². The molecule has 0 saturated carbocycles. The van der Waals surface area contributed by atoms with Gasteiger partial charge in [-0.25, -0.2) is 0 Å². The van der Waals surface area contributed by atoms with Crippen LogP contribution < -0.4 is 5.32 Å². The largest absolute Gasteiger partial charge is 0.377 e. The number of rotatable bonds is 7. The first kappa shape index (κ1) is 16.8. The molecule has 0 aliphatic carbocycles. The third-order valence-corrected chi connectivity index (χ3v) is 3.88. The Hall–Kier alpha value is -1.53. The van der Waals surface area contributed by atoms with Gasteiger partial charge in [-0.2, -0.15) is 0 Å². The summed E-state index contributed by atoms with van der Waals surface area (Å²) in [4.78, 5) is 6.42. The van der Waals surface area contributed by atoms with Crippen molar-refractivity contribution < 1.29 is 9.47 Å². The van der Waals surface area contributed by atoms with Crippen LogP contribution in [0, 0.1) is 0 Å². The lowest BCUT2D eigenvalue weighted by molar-refractivity contribution is 0.0190. The van der Waals surface area contributed by atoms with E-state index in [1.807, 2.05) is 7.05 Å². The van der Waals surface area contributed by atoms with E-state index in [0.29, 0.717) is 19.3 Å². The van der Waals surface area contributed by atoms with Crippen LogP contribution in [0.2, 0.25) is 0 Å². The number of aromatic nitrogens is 1. The van der Waals surface area contributed by atoms with E-state index in [1.54, 1.807) is 7.05 Å². The van der Waals surface area contributed by atoms with Crippen molar-refractivity contribution in [2.75, 3.05) is 40.5 Å². The average Bonchev–Trinajstić information content (AvgIpc) is 3.15. The molecule has 0 spiro atoms. The highest BCUT2D eigenvalue weighted by Crippen LogP contribution is 2.11. The molecule has 22 heavy (non-hydrogen) atoms. The van der Waals surface area contributed by atoms with Crippen LogP contribution in [0.4, 0.5) is 0 Å². The first-order valence-electron chi connectivity index (χ1n) is 7.92. The van der Waals surface area contributed by atoms with Gasteiger partial charge in [0.05, 0.1) is 25.9 Å². The lowest BCUT2D eigenvalue weighted by Crippen LogP contribution is -2.40. The zero-order valence-electron chi connectivity index (χ0n) is 13.9. The van der Waals surface area contributed by atoms with Gasteiger partial charge in [0.15, 0.2) is 5.96 Å². The summed E-state index contributed by atoms with van der Waals surface area (Å²) in [6, 6.07) is 4.17. The third kappa shape index (κ3) is 5.03. The molecule has 2 rings (SSSR count). The molecule has 1 aliphatic heterocycles. The number of guanidine groups is 1. The summed E-state index contributed by atoms with van der Waals surface area (Å²) in [6.45, 7) is 3.80. The second-order valence-corrected chi connectivity index (χ2v) is 5.65. The smallest absolute Gasteiger partial charge is 0.193 e. The minimum absolute atomic E-state index is 0.291. The second kappa shape index (κ2) is 8.80. The van der Waals surface area contributed by atoms with E-state index >= 15 is 0 Å². The summed E-state index contributed by atoms with van der Waals surface area (Å²) in [5.41, 5.74) is 1.25. The van der Waals surface area contributed by atoms with Crippen molar-refractivity contribution in [1.29, 1.82) is 0 Å². The van der Waals surface area contributed by atoms with E-state index in [1.165, 1.54) is 5.69 Å². The molecule has 0 bridgehead atoms. The van der Waals surface area contributed by atoms with Gasteiger partial charge in [-0.05, 0) is 25.0 Å². The Morgan fingerprint density at radius 1 is 1.59 bits per heavy atom. The molecule has 124 valence electrons. The zero-order chi connectivity index (χ0) is 15.8. The van der Waals surface area contributed by atoms with Crippen LogP contribution in [0.3, 0.4) is 0 Å². The molecule has 0 aromatic carbocycles. The summed E-state index contributed by atoms with van der Waals surface area (Å²) >= 11 is 0. The highest BCUT2D eigenvalue weighted by Gasteiger charge is 2.15. The molecule has 1 N–H and O–H groups in total. The summed E-state index contributed by atoms with van der Waals surface area (Å²) in [6.07, 6.45) is 4.62. The molecule has 1 unspecified atom stereocenters. The second-order valence-electron chi connectivity index (χ2n) is 5.65. The van der Waals surface area contributed by atoms with Crippen molar-refractivity contribution in [3.8, 4) is 0 Å². The molecular formula is C16H28N4O2. The van der Waals surface area contributed by atoms with Crippen molar-refractivity contribution in [1.82, 2.24) is 14.8 Å². The fraction of sp³-hybridized carbons (Fsp3) is 0.688. The average molecular weight is 308 g/mol. The van der Waals surface area contributed by atoms with Gasteiger partial charge < -0.3 is 24.3 Å². The Balaban J connectivity index is 1.64. The maximum atomic E-state index is 5.65.